The highest BCUT2D eigenvalue weighted by Crippen LogP contribution is 2.24. The summed E-state index contributed by atoms with van der Waals surface area (Å²) in [6, 6.07) is 5.82. The maximum atomic E-state index is 13.9. The first-order valence-electron chi connectivity index (χ1n) is 9.86. The Morgan fingerprint density at radius 3 is 2.21 bits per heavy atom. The Kier molecular flexibility index (Phi) is 6.77. The second-order valence-corrected chi connectivity index (χ2v) is 7.62. The fourth-order valence-electron chi connectivity index (χ4n) is 4.00. The Bertz CT molecular complexity index is 733. The van der Waals surface area contributed by atoms with Gasteiger partial charge in [-0.25, -0.2) is 4.39 Å². The van der Waals surface area contributed by atoms with Crippen molar-refractivity contribution in [3.8, 4) is 0 Å². The zero-order valence-corrected chi connectivity index (χ0v) is 16.1. The van der Waals surface area contributed by atoms with Crippen LogP contribution in [0, 0.1) is 11.7 Å². The van der Waals surface area contributed by atoms with Gasteiger partial charge in [-0.05, 0) is 44.5 Å². The van der Waals surface area contributed by atoms with Gasteiger partial charge in [-0.15, -0.1) is 0 Å². The van der Waals surface area contributed by atoms with Crippen molar-refractivity contribution >= 4 is 11.8 Å². The molecule has 2 saturated heterocycles. The minimum Gasteiger partial charge on any atom is -0.341 e. The van der Waals surface area contributed by atoms with Crippen molar-refractivity contribution in [1.29, 1.82) is 0 Å². The third-order valence-electron chi connectivity index (χ3n) is 5.54. The third-order valence-corrected chi connectivity index (χ3v) is 5.54. The Hall–Kier alpha value is -2.16. The molecule has 0 N–H and O–H groups in total. The highest BCUT2D eigenvalue weighted by molar-refractivity contribution is 5.94. The van der Waals surface area contributed by atoms with Gasteiger partial charge in [0.25, 0.3) is 5.91 Å². The average molecular weight is 415 g/mol. The number of halogens is 4. The number of amides is 2. The van der Waals surface area contributed by atoms with E-state index in [9.17, 15) is 27.2 Å². The summed E-state index contributed by atoms with van der Waals surface area (Å²) in [6.45, 7) is 1.14. The molecule has 0 saturated carbocycles. The fraction of sp³-hybridized carbons (Fsp3) is 0.600. The molecule has 160 valence electrons. The Morgan fingerprint density at radius 1 is 0.931 bits per heavy atom. The highest BCUT2D eigenvalue weighted by Gasteiger charge is 2.35. The lowest BCUT2D eigenvalue weighted by Gasteiger charge is -2.34. The number of alkyl halides is 3. The largest absolute Gasteiger partial charge is 0.401 e. The van der Waals surface area contributed by atoms with Gasteiger partial charge in [-0.3, -0.25) is 14.5 Å². The van der Waals surface area contributed by atoms with Gasteiger partial charge in [0.05, 0.1) is 12.1 Å². The van der Waals surface area contributed by atoms with Crippen LogP contribution in [0.2, 0.25) is 0 Å². The van der Waals surface area contributed by atoms with Gasteiger partial charge >= 0.3 is 6.18 Å². The molecule has 0 unspecified atom stereocenters. The molecule has 5 nitrogen and oxygen atoms in total. The van der Waals surface area contributed by atoms with Crippen molar-refractivity contribution in [3.63, 3.8) is 0 Å². The summed E-state index contributed by atoms with van der Waals surface area (Å²) in [7, 11) is 0. The van der Waals surface area contributed by atoms with Crippen molar-refractivity contribution in [2.24, 2.45) is 5.92 Å². The molecule has 2 fully saturated rings. The van der Waals surface area contributed by atoms with Gasteiger partial charge in [0.2, 0.25) is 5.91 Å². The molecule has 0 atom stereocenters. The van der Waals surface area contributed by atoms with E-state index in [1.807, 2.05) is 0 Å². The molecular formula is C20H25F4N3O2. The normalized spacial score (nSPS) is 19.9. The van der Waals surface area contributed by atoms with E-state index < -0.39 is 24.4 Å². The number of benzene rings is 1. The second-order valence-electron chi connectivity index (χ2n) is 7.62. The first-order valence-corrected chi connectivity index (χ1v) is 9.86. The van der Waals surface area contributed by atoms with E-state index in [0.717, 1.165) is 0 Å². The number of carbonyl (C=O) groups is 2. The van der Waals surface area contributed by atoms with E-state index in [1.54, 1.807) is 15.9 Å². The van der Waals surface area contributed by atoms with Crippen LogP contribution in [-0.2, 0) is 4.79 Å². The summed E-state index contributed by atoms with van der Waals surface area (Å²) in [4.78, 5) is 30.0. The van der Waals surface area contributed by atoms with Crippen LogP contribution in [-0.4, -0.2) is 78.5 Å². The molecule has 0 radical (unpaired) electrons. The molecule has 3 rings (SSSR count). The summed E-state index contributed by atoms with van der Waals surface area (Å²) >= 11 is 0. The highest BCUT2D eigenvalue weighted by atomic mass is 19.4. The van der Waals surface area contributed by atoms with E-state index in [1.165, 1.54) is 23.1 Å². The average Bonchev–Trinajstić information content (AvgIpc) is 2.93. The predicted molar refractivity (Wildman–Crippen MR) is 98.7 cm³/mol. The monoisotopic (exact) mass is 415 g/mol. The summed E-state index contributed by atoms with van der Waals surface area (Å²) in [5.74, 6) is -1.30. The number of hydrogen-bond acceptors (Lipinski definition) is 3. The van der Waals surface area contributed by atoms with Crippen LogP contribution in [0.4, 0.5) is 17.6 Å². The second kappa shape index (κ2) is 9.11. The lowest BCUT2D eigenvalue weighted by atomic mass is 9.95. The lowest BCUT2D eigenvalue weighted by molar-refractivity contribution is -0.151. The zero-order valence-electron chi connectivity index (χ0n) is 16.1. The minimum absolute atomic E-state index is 0.0179. The number of hydrogen-bond donors (Lipinski definition) is 0. The smallest absolute Gasteiger partial charge is 0.341 e. The molecule has 0 aromatic heterocycles. The number of rotatable bonds is 3. The van der Waals surface area contributed by atoms with Crippen LogP contribution in [0.25, 0.3) is 0 Å². The summed E-state index contributed by atoms with van der Waals surface area (Å²) < 4.78 is 51.4. The molecule has 29 heavy (non-hydrogen) atoms. The zero-order chi connectivity index (χ0) is 21.0. The minimum atomic E-state index is -4.23. The molecule has 0 spiro atoms. The van der Waals surface area contributed by atoms with Gasteiger partial charge in [-0.1, -0.05) is 12.1 Å². The van der Waals surface area contributed by atoms with Gasteiger partial charge in [0.1, 0.15) is 5.82 Å². The molecular weight excluding hydrogens is 390 g/mol. The van der Waals surface area contributed by atoms with Crippen LogP contribution >= 0.6 is 0 Å². The molecule has 2 aliphatic heterocycles. The van der Waals surface area contributed by atoms with Crippen LogP contribution in [0.5, 0.6) is 0 Å². The standard InChI is InChI=1S/C20H25F4N3O2/c21-17-5-2-1-4-16(17)19(29)27-9-3-8-26(12-13-27)18(28)15-6-10-25(11-7-15)14-20(22,23)24/h1-2,4-5,15H,3,6-14H2. The van der Waals surface area contributed by atoms with Crippen molar-refractivity contribution in [1.82, 2.24) is 14.7 Å². The summed E-state index contributed by atoms with van der Waals surface area (Å²) in [5.41, 5.74) is 0.0179. The molecule has 1 aromatic rings. The third kappa shape index (κ3) is 5.68. The first kappa shape index (κ1) is 21.5. The van der Waals surface area contributed by atoms with Crippen molar-refractivity contribution in [2.45, 2.75) is 25.4 Å². The first-order chi connectivity index (χ1) is 13.7. The van der Waals surface area contributed by atoms with Gasteiger partial charge < -0.3 is 9.80 Å². The maximum Gasteiger partial charge on any atom is 0.401 e. The van der Waals surface area contributed by atoms with E-state index in [0.29, 0.717) is 45.4 Å². The molecule has 2 heterocycles. The summed E-state index contributed by atoms with van der Waals surface area (Å²) in [5, 5.41) is 0. The molecule has 2 amide bonds. The number of likely N-dealkylation sites (tertiary alicyclic amines) is 1. The van der Waals surface area contributed by atoms with Crippen LogP contribution in [0.15, 0.2) is 24.3 Å². The van der Waals surface area contributed by atoms with Crippen molar-refractivity contribution in [2.75, 3.05) is 45.8 Å². The molecule has 2 aliphatic rings. The Morgan fingerprint density at radius 2 is 1.55 bits per heavy atom. The topological polar surface area (TPSA) is 43.9 Å². The predicted octanol–water partition coefficient (Wildman–Crippen LogP) is 2.77. The molecule has 1 aromatic carbocycles. The van der Waals surface area contributed by atoms with Crippen molar-refractivity contribution < 1.29 is 27.2 Å². The summed E-state index contributed by atoms with van der Waals surface area (Å²) in [6.07, 6.45) is -2.83. The molecule has 0 aliphatic carbocycles. The van der Waals surface area contributed by atoms with E-state index >= 15 is 0 Å². The van der Waals surface area contributed by atoms with Crippen LogP contribution < -0.4 is 0 Å². The lowest BCUT2D eigenvalue weighted by Crippen LogP contribution is -2.46. The van der Waals surface area contributed by atoms with Crippen molar-refractivity contribution in [3.05, 3.63) is 35.6 Å². The van der Waals surface area contributed by atoms with E-state index in [4.69, 9.17) is 0 Å². The molecule has 9 heteroatoms. The van der Waals surface area contributed by atoms with Gasteiger partial charge in [0.15, 0.2) is 0 Å². The van der Waals surface area contributed by atoms with Crippen LogP contribution in [0.3, 0.4) is 0 Å². The van der Waals surface area contributed by atoms with Gasteiger partial charge in [0, 0.05) is 32.1 Å². The Labute approximate surface area is 167 Å². The number of piperidine rings is 1. The SMILES string of the molecule is O=C(c1ccccc1F)N1CCCN(C(=O)C2CCN(CC(F)(F)F)CC2)CC1. The number of carbonyl (C=O) groups excluding carboxylic acids is 2. The van der Waals surface area contributed by atoms with Gasteiger partial charge in [-0.2, -0.15) is 13.2 Å². The molecule has 0 bridgehead atoms. The maximum absolute atomic E-state index is 13.9. The van der Waals surface area contributed by atoms with Crippen LogP contribution in [0.1, 0.15) is 29.6 Å². The van der Waals surface area contributed by atoms with E-state index in [2.05, 4.69) is 0 Å². The Balaban J connectivity index is 1.52. The quantitative estimate of drug-likeness (QED) is 0.714. The van der Waals surface area contributed by atoms with E-state index in [-0.39, 0.29) is 30.5 Å². The number of nitrogens with zero attached hydrogens (tertiary/aromatic N) is 3. The fourth-order valence-corrected chi connectivity index (χ4v) is 4.00.